The molecular weight excluding hydrogens is 338 g/mol. The van der Waals surface area contributed by atoms with Gasteiger partial charge in [-0.05, 0) is 55.4 Å². The Labute approximate surface area is 158 Å². The van der Waals surface area contributed by atoms with Gasteiger partial charge in [-0.25, -0.2) is 5.43 Å². The van der Waals surface area contributed by atoms with Gasteiger partial charge in [-0.2, -0.15) is 5.10 Å². The summed E-state index contributed by atoms with van der Waals surface area (Å²) in [6.45, 7) is 1.85. The van der Waals surface area contributed by atoms with Gasteiger partial charge in [0.1, 0.15) is 0 Å². The molecule has 0 heterocycles. The number of carbonyl (C=O) groups is 2. The molecule has 0 spiro atoms. The molecule has 27 heavy (non-hydrogen) atoms. The minimum Gasteiger partial charge on any atom is -0.326 e. The van der Waals surface area contributed by atoms with E-state index in [0.717, 1.165) is 30.5 Å². The molecule has 5 nitrogen and oxygen atoms in total. The second-order valence-electron chi connectivity index (χ2n) is 7.38. The van der Waals surface area contributed by atoms with Gasteiger partial charge in [-0.15, -0.1) is 0 Å². The molecular formula is C22H23N3O2. The topological polar surface area (TPSA) is 70.6 Å². The quantitative estimate of drug-likeness (QED) is 0.609. The van der Waals surface area contributed by atoms with Crippen molar-refractivity contribution in [2.45, 2.75) is 32.1 Å². The third kappa shape index (κ3) is 4.25. The van der Waals surface area contributed by atoms with E-state index in [1.54, 1.807) is 0 Å². The van der Waals surface area contributed by atoms with Crippen LogP contribution >= 0.6 is 0 Å². The molecule has 2 amide bonds. The Bertz CT molecular complexity index is 887. The molecule has 2 saturated carbocycles. The molecule has 2 atom stereocenters. The van der Waals surface area contributed by atoms with E-state index in [-0.39, 0.29) is 23.7 Å². The number of hydrogen-bond donors (Lipinski definition) is 2. The first-order valence-corrected chi connectivity index (χ1v) is 9.42. The van der Waals surface area contributed by atoms with Gasteiger partial charge < -0.3 is 5.32 Å². The number of hydrogen-bond acceptors (Lipinski definition) is 3. The van der Waals surface area contributed by atoms with Crippen LogP contribution in [0.25, 0.3) is 0 Å². The van der Waals surface area contributed by atoms with Gasteiger partial charge in [0.05, 0.1) is 5.71 Å². The van der Waals surface area contributed by atoms with Crippen LogP contribution in [0.4, 0.5) is 5.69 Å². The maximum absolute atomic E-state index is 12.3. The predicted molar refractivity (Wildman–Crippen MR) is 105 cm³/mol. The van der Waals surface area contributed by atoms with Crippen molar-refractivity contribution in [3.8, 4) is 0 Å². The first-order valence-electron chi connectivity index (χ1n) is 9.42. The molecule has 0 aromatic heterocycles. The van der Waals surface area contributed by atoms with Gasteiger partial charge in [0.2, 0.25) is 11.8 Å². The second kappa shape index (κ2) is 7.35. The number of carbonyl (C=O) groups excluding carboxylic acids is 2. The van der Waals surface area contributed by atoms with Crippen molar-refractivity contribution in [2.75, 3.05) is 5.32 Å². The smallest absolute Gasteiger partial charge is 0.243 e. The van der Waals surface area contributed by atoms with Gasteiger partial charge in [-0.3, -0.25) is 9.59 Å². The Morgan fingerprint density at radius 3 is 2.52 bits per heavy atom. The Hall–Kier alpha value is -2.95. The zero-order chi connectivity index (χ0) is 18.8. The zero-order valence-electron chi connectivity index (χ0n) is 15.3. The summed E-state index contributed by atoms with van der Waals surface area (Å²) in [5.41, 5.74) is 6.24. The number of benzene rings is 2. The van der Waals surface area contributed by atoms with Crippen LogP contribution in [0, 0.1) is 11.8 Å². The number of nitrogens with one attached hydrogen (secondary N) is 2. The lowest BCUT2D eigenvalue weighted by molar-refractivity contribution is -0.122. The maximum Gasteiger partial charge on any atom is 0.243 e. The number of rotatable bonds is 6. The van der Waals surface area contributed by atoms with Crippen LogP contribution < -0.4 is 10.7 Å². The van der Waals surface area contributed by atoms with Crippen molar-refractivity contribution in [1.82, 2.24) is 5.43 Å². The second-order valence-corrected chi connectivity index (χ2v) is 7.38. The fraction of sp³-hybridized carbons (Fsp3) is 0.318. The molecule has 2 aliphatic rings. The molecule has 2 aliphatic carbocycles. The van der Waals surface area contributed by atoms with Crippen LogP contribution in [0.1, 0.15) is 43.2 Å². The molecule has 138 valence electrons. The van der Waals surface area contributed by atoms with Crippen molar-refractivity contribution < 1.29 is 9.59 Å². The largest absolute Gasteiger partial charge is 0.326 e. The normalized spacial score (nSPS) is 21.4. The molecule has 0 bridgehead atoms. The van der Waals surface area contributed by atoms with Gasteiger partial charge >= 0.3 is 0 Å². The minimum atomic E-state index is -0.0404. The summed E-state index contributed by atoms with van der Waals surface area (Å²) in [6, 6.07) is 17.7. The van der Waals surface area contributed by atoms with E-state index >= 15 is 0 Å². The Morgan fingerprint density at radius 2 is 1.78 bits per heavy atom. The van der Waals surface area contributed by atoms with E-state index in [4.69, 9.17) is 0 Å². The molecule has 0 radical (unpaired) electrons. The highest BCUT2D eigenvalue weighted by atomic mass is 16.2. The monoisotopic (exact) mass is 361 g/mol. The first kappa shape index (κ1) is 17.5. The third-order valence-electron chi connectivity index (χ3n) is 5.18. The van der Waals surface area contributed by atoms with Crippen LogP contribution in [0.5, 0.6) is 0 Å². The minimum absolute atomic E-state index is 0.00638. The first-order chi connectivity index (χ1) is 13.1. The van der Waals surface area contributed by atoms with Gasteiger partial charge in [0.25, 0.3) is 0 Å². The summed E-state index contributed by atoms with van der Waals surface area (Å²) in [6.07, 6.45) is 2.82. The lowest BCUT2D eigenvalue weighted by Crippen LogP contribution is -2.21. The standard InChI is InChI=1S/C22H23N3O2/c1-14(17-8-5-9-18(12-17)23-21(26)16-10-11-16)24-25-22(27)20-13-19(20)15-6-3-2-4-7-15/h2-9,12,16,19-20H,10-11,13H2,1H3,(H,23,26)(H,25,27)/b24-14-. The van der Waals surface area contributed by atoms with Crippen molar-refractivity contribution in [2.24, 2.45) is 16.9 Å². The fourth-order valence-electron chi connectivity index (χ4n) is 3.25. The van der Waals surface area contributed by atoms with Crippen molar-refractivity contribution >= 4 is 23.2 Å². The Kier molecular flexibility index (Phi) is 4.75. The summed E-state index contributed by atoms with van der Waals surface area (Å²) >= 11 is 0. The summed E-state index contributed by atoms with van der Waals surface area (Å²) in [7, 11) is 0. The highest BCUT2D eigenvalue weighted by Gasteiger charge is 2.43. The molecule has 2 unspecified atom stereocenters. The van der Waals surface area contributed by atoms with E-state index in [2.05, 4.69) is 28.0 Å². The summed E-state index contributed by atoms with van der Waals surface area (Å²) in [4.78, 5) is 24.2. The summed E-state index contributed by atoms with van der Waals surface area (Å²) in [5, 5.41) is 7.19. The van der Waals surface area contributed by atoms with Crippen molar-refractivity contribution in [1.29, 1.82) is 0 Å². The molecule has 0 aliphatic heterocycles. The Morgan fingerprint density at radius 1 is 1.00 bits per heavy atom. The van der Waals surface area contributed by atoms with E-state index in [0.29, 0.717) is 11.6 Å². The van der Waals surface area contributed by atoms with Gasteiger partial charge in [-0.1, -0.05) is 42.5 Å². The van der Waals surface area contributed by atoms with Gasteiger partial charge in [0.15, 0.2) is 0 Å². The number of nitrogens with zero attached hydrogens (tertiary/aromatic N) is 1. The SMILES string of the molecule is C/C(=N/NC(=O)C1CC1c1ccccc1)c1cccc(NC(=O)C2CC2)c1. The third-order valence-corrected chi connectivity index (χ3v) is 5.18. The molecule has 0 saturated heterocycles. The molecule has 4 rings (SSSR count). The van der Waals surface area contributed by atoms with E-state index in [1.807, 2.05) is 49.4 Å². The highest BCUT2D eigenvalue weighted by molar-refractivity contribution is 6.01. The van der Waals surface area contributed by atoms with Crippen LogP contribution in [0.3, 0.4) is 0 Å². The van der Waals surface area contributed by atoms with E-state index in [1.165, 1.54) is 5.56 Å². The van der Waals surface area contributed by atoms with Gasteiger partial charge in [0, 0.05) is 17.5 Å². The average Bonchev–Trinajstić information content (AvgIpc) is 3.59. The molecule has 2 N–H and O–H groups in total. The molecule has 2 aromatic rings. The van der Waals surface area contributed by atoms with Crippen LogP contribution in [0.2, 0.25) is 0 Å². The number of hydrazone groups is 1. The summed E-state index contributed by atoms with van der Waals surface area (Å²) in [5.74, 6) is 0.492. The zero-order valence-corrected chi connectivity index (χ0v) is 15.3. The number of anilines is 1. The van der Waals surface area contributed by atoms with E-state index in [9.17, 15) is 9.59 Å². The molecule has 5 heteroatoms. The van der Waals surface area contributed by atoms with Crippen LogP contribution in [0.15, 0.2) is 59.7 Å². The lowest BCUT2D eigenvalue weighted by Gasteiger charge is -2.07. The molecule has 2 aromatic carbocycles. The molecule has 2 fully saturated rings. The maximum atomic E-state index is 12.3. The summed E-state index contributed by atoms with van der Waals surface area (Å²) < 4.78 is 0. The van der Waals surface area contributed by atoms with Crippen molar-refractivity contribution in [3.63, 3.8) is 0 Å². The highest BCUT2D eigenvalue weighted by Crippen LogP contribution is 2.47. The van der Waals surface area contributed by atoms with Crippen LogP contribution in [-0.2, 0) is 9.59 Å². The lowest BCUT2D eigenvalue weighted by atomic mass is 10.1. The Balaban J connectivity index is 1.35. The fourth-order valence-corrected chi connectivity index (χ4v) is 3.25. The van der Waals surface area contributed by atoms with E-state index < -0.39 is 0 Å². The van der Waals surface area contributed by atoms with Crippen molar-refractivity contribution in [3.05, 3.63) is 65.7 Å². The van der Waals surface area contributed by atoms with Crippen LogP contribution in [-0.4, -0.2) is 17.5 Å². The number of amides is 2. The predicted octanol–water partition coefficient (Wildman–Crippen LogP) is 3.68. The average molecular weight is 361 g/mol.